The van der Waals surface area contributed by atoms with Crippen LogP contribution < -0.4 is 4.74 Å². The first-order chi connectivity index (χ1) is 11.9. The van der Waals surface area contributed by atoms with E-state index < -0.39 is 22.8 Å². The van der Waals surface area contributed by atoms with Crippen LogP contribution >= 0.6 is 0 Å². The zero-order valence-corrected chi connectivity index (χ0v) is 14.2. The molecule has 1 atom stereocenters. The molecule has 1 saturated carbocycles. The van der Waals surface area contributed by atoms with Gasteiger partial charge in [-0.1, -0.05) is 12.8 Å². The van der Waals surface area contributed by atoms with Gasteiger partial charge >= 0.3 is 0 Å². The molecule has 1 aromatic rings. The van der Waals surface area contributed by atoms with Gasteiger partial charge in [0.2, 0.25) is 0 Å². The molecule has 2 fully saturated rings. The van der Waals surface area contributed by atoms with Gasteiger partial charge in [0.15, 0.2) is 11.6 Å². The third-order valence-corrected chi connectivity index (χ3v) is 4.89. The minimum absolute atomic E-state index is 0.0889. The molecule has 140 valence electrons. The van der Waals surface area contributed by atoms with Crippen LogP contribution in [0.4, 0.5) is 8.78 Å². The van der Waals surface area contributed by atoms with Crippen molar-refractivity contribution < 1.29 is 28.5 Å². The van der Waals surface area contributed by atoms with Gasteiger partial charge in [-0.2, -0.15) is 0 Å². The van der Waals surface area contributed by atoms with Crippen molar-refractivity contribution in [2.75, 3.05) is 39.5 Å². The largest absolute Gasteiger partial charge is 0.490 e. The minimum Gasteiger partial charge on any atom is -0.490 e. The van der Waals surface area contributed by atoms with Gasteiger partial charge < -0.3 is 19.7 Å². The van der Waals surface area contributed by atoms with Crippen molar-refractivity contribution in [1.29, 1.82) is 0 Å². The van der Waals surface area contributed by atoms with E-state index in [1.807, 2.05) is 4.90 Å². The first-order valence-corrected chi connectivity index (χ1v) is 8.70. The molecule has 0 radical (unpaired) electrons. The number of nitrogens with zero attached hydrogens (tertiary/aromatic N) is 1. The smallest absolute Gasteiger partial charge is 0.162 e. The van der Waals surface area contributed by atoms with E-state index >= 15 is 0 Å². The molecule has 25 heavy (non-hydrogen) atoms. The predicted octanol–water partition coefficient (Wildman–Crippen LogP) is 1.71. The van der Waals surface area contributed by atoms with Crippen LogP contribution in [-0.2, 0) is 4.74 Å². The van der Waals surface area contributed by atoms with E-state index in [1.54, 1.807) is 0 Å². The van der Waals surface area contributed by atoms with Crippen molar-refractivity contribution in [2.24, 2.45) is 0 Å². The molecule has 1 aliphatic heterocycles. The fourth-order valence-electron chi connectivity index (χ4n) is 3.61. The molecule has 0 amide bonds. The summed E-state index contributed by atoms with van der Waals surface area (Å²) in [6.07, 6.45) is 3.58. The number of rotatable bonds is 5. The van der Waals surface area contributed by atoms with Crippen molar-refractivity contribution in [3.63, 3.8) is 0 Å². The second-order valence-corrected chi connectivity index (χ2v) is 7.28. The lowest BCUT2D eigenvalue weighted by Crippen LogP contribution is -2.52. The molecule has 2 aliphatic rings. The molecular formula is C18H25F2NO4. The van der Waals surface area contributed by atoms with Crippen LogP contribution in [0.25, 0.3) is 0 Å². The van der Waals surface area contributed by atoms with Crippen LogP contribution in [0, 0.1) is 11.6 Å². The summed E-state index contributed by atoms with van der Waals surface area (Å²) in [6, 6.07) is 3.26. The maximum absolute atomic E-state index is 13.3. The second-order valence-electron chi connectivity index (χ2n) is 7.28. The van der Waals surface area contributed by atoms with Gasteiger partial charge in [0.05, 0.1) is 18.8 Å². The van der Waals surface area contributed by atoms with Gasteiger partial charge in [-0.15, -0.1) is 0 Å². The highest BCUT2D eigenvalue weighted by Crippen LogP contribution is 2.31. The molecule has 1 heterocycles. The summed E-state index contributed by atoms with van der Waals surface area (Å²) in [5.41, 5.74) is -1.98. The van der Waals surface area contributed by atoms with E-state index in [9.17, 15) is 19.0 Å². The predicted molar refractivity (Wildman–Crippen MR) is 87.5 cm³/mol. The van der Waals surface area contributed by atoms with Crippen LogP contribution in [0.2, 0.25) is 0 Å². The third kappa shape index (κ3) is 4.88. The standard InChI is InChI=1S/C18H25F2NO4/c19-15-4-3-14(9-16(15)20)25-13-18(23)11-21(7-8-24-12-18)10-17(22)5-1-2-6-17/h3-4,9,22-23H,1-2,5-8,10-13H2. The van der Waals surface area contributed by atoms with E-state index in [4.69, 9.17) is 9.47 Å². The van der Waals surface area contributed by atoms with Crippen molar-refractivity contribution in [3.05, 3.63) is 29.8 Å². The number of hydrogen-bond donors (Lipinski definition) is 2. The van der Waals surface area contributed by atoms with Gasteiger partial charge in [-0.3, -0.25) is 4.90 Å². The van der Waals surface area contributed by atoms with E-state index in [0.717, 1.165) is 37.8 Å². The Kier molecular flexibility index (Phi) is 5.58. The Morgan fingerprint density at radius 3 is 2.60 bits per heavy atom. The van der Waals surface area contributed by atoms with Gasteiger partial charge in [-0.25, -0.2) is 8.78 Å². The monoisotopic (exact) mass is 357 g/mol. The first-order valence-electron chi connectivity index (χ1n) is 8.70. The zero-order chi connectivity index (χ0) is 17.9. The quantitative estimate of drug-likeness (QED) is 0.840. The number of halogens is 2. The summed E-state index contributed by atoms with van der Waals surface area (Å²) < 4.78 is 37.2. The van der Waals surface area contributed by atoms with Gasteiger partial charge in [0.1, 0.15) is 18.0 Å². The van der Waals surface area contributed by atoms with Crippen LogP contribution in [0.3, 0.4) is 0 Å². The Hall–Kier alpha value is -1.28. The van der Waals surface area contributed by atoms with Crippen molar-refractivity contribution in [3.8, 4) is 5.75 Å². The Balaban J connectivity index is 1.61. The Bertz CT molecular complexity index is 594. The highest BCUT2D eigenvalue weighted by molar-refractivity contribution is 5.23. The van der Waals surface area contributed by atoms with Crippen molar-refractivity contribution in [2.45, 2.75) is 36.9 Å². The lowest BCUT2D eigenvalue weighted by molar-refractivity contribution is -0.0713. The van der Waals surface area contributed by atoms with E-state index in [1.165, 1.54) is 6.07 Å². The lowest BCUT2D eigenvalue weighted by atomic mass is 10.00. The summed E-state index contributed by atoms with van der Waals surface area (Å²) >= 11 is 0. The maximum Gasteiger partial charge on any atom is 0.162 e. The van der Waals surface area contributed by atoms with Crippen molar-refractivity contribution >= 4 is 0 Å². The molecule has 1 aliphatic carbocycles. The number of hydrogen-bond acceptors (Lipinski definition) is 5. The topological polar surface area (TPSA) is 62.2 Å². The van der Waals surface area contributed by atoms with E-state index in [-0.39, 0.29) is 19.0 Å². The van der Waals surface area contributed by atoms with E-state index in [0.29, 0.717) is 26.2 Å². The third-order valence-electron chi connectivity index (χ3n) is 4.89. The normalized spacial score (nSPS) is 27.2. The molecule has 1 aromatic carbocycles. The summed E-state index contributed by atoms with van der Waals surface area (Å²) in [4.78, 5) is 1.99. The Morgan fingerprint density at radius 1 is 1.12 bits per heavy atom. The molecule has 0 spiro atoms. The molecule has 7 heteroatoms. The van der Waals surface area contributed by atoms with Crippen LogP contribution in [0.5, 0.6) is 5.75 Å². The number of ether oxygens (including phenoxy) is 2. The molecule has 0 aromatic heterocycles. The fraction of sp³-hybridized carbons (Fsp3) is 0.667. The van der Waals surface area contributed by atoms with Crippen LogP contribution in [0.15, 0.2) is 18.2 Å². The lowest BCUT2D eigenvalue weighted by Gasteiger charge is -2.34. The van der Waals surface area contributed by atoms with Crippen LogP contribution in [0.1, 0.15) is 25.7 Å². The average molecular weight is 357 g/mol. The summed E-state index contributed by atoms with van der Waals surface area (Å²) in [5.74, 6) is -1.79. The van der Waals surface area contributed by atoms with Gasteiger partial charge in [-0.05, 0) is 25.0 Å². The average Bonchev–Trinajstić information content (AvgIpc) is 2.90. The zero-order valence-electron chi connectivity index (χ0n) is 14.2. The molecular weight excluding hydrogens is 332 g/mol. The van der Waals surface area contributed by atoms with Gasteiger partial charge in [0, 0.05) is 25.7 Å². The Morgan fingerprint density at radius 2 is 1.88 bits per heavy atom. The summed E-state index contributed by atoms with van der Waals surface area (Å²) in [5, 5.41) is 21.4. The minimum atomic E-state index is -1.28. The molecule has 3 rings (SSSR count). The number of β-amino-alcohol motifs (C(OH)–C–C–N with tert-alkyl or cyclic N) is 2. The molecule has 1 unspecified atom stereocenters. The SMILES string of the molecule is OC1(CN2CCOCC(O)(COc3ccc(F)c(F)c3)C2)CCCC1. The summed E-state index contributed by atoms with van der Waals surface area (Å²) in [7, 11) is 0. The van der Waals surface area contributed by atoms with Crippen LogP contribution in [-0.4, -0.2) is 65.8 Å². The maximum atomic E-state index is 13.3. The van der Waals surface area contributed by atoms with E-state index in [2.05, 4.69) is 0 Å². The molecule has 0 bridgehead atoms. The number of benzene rings is 1. The first kappa shape index (κ1) is 18.5. The highest BCUT2D eigenvalue weighted by Gasteiger charge is 2.38. The Labute approximate surface area is 146 Å². The molecule has 2 N–H and O–H groups in total. The van der Waals surface area contributed by atoms with Crippen molar-refractivity contribution in [1.82, 2.24) is 4.90 Å². The second kappa shape index (κ2) is 7.53. The van der Waals surface area contributed by atoms with Gasteiger partial charge in [0.25, 0.3) is 0 Å². The number of aliphatic hydroxyl groups is 2. The molecule has 1 saturated heterocycles. The summed E-state index contributed by atoms with van der Waals surface area (Å²) in [6.45, 7) is 1.85. The molecule has 5 nitrogen and oxygen atoms in total. The highest BCUT2D eigenvalue weighted by atomic mass is 19.2. The fourth-order valence-corrected chi connectivity index (χ4v) is 3.61.